The van der Waals surface area contributed by atoms with Gasteiger partial charge in [0, 0.05) is 6.61 Å². The van der Waals surface area contributed by atoms with Crippen molar-refractivity contribution in [3.05, 3.63) is 17.2 Å². The first-order valence-corrected chi connectivity index (χ1v) is 4.82. The number of nitrogens with zero attached hydrogens (tertiary/aromatic N) is 1. The zero-order valence-corrected chi connectivity index (χ0v) is 9.24. The van der Waals surface area contributed by atoms with Gasteiger partial charge in [-0.25, -0.2) is 16.7 Å². The van der Waals surface area contributed by atoms with E-state index in [0.29, 0.717) is 12.4 Å². The Morgan fingerprint density at radius 1 is 1.35 bits per heavy atom. The molecular formula is C8H14N6O3. The number of carbonyl (C=O) groups is 2. The summed E-state index contributed by atoms with van der Waals surface area (Å²) >= 11 is 0. The molecule has 0 unspecified atom stereocenters. The lowest BCUT2D eigenvalue weighted by molar-refractivity contribution is 0.0914. The van der Waals surface area contributed by atoms with E-state index >= 15 is 0 Å². The molecule has 17 heavy (non-hydrogen) atoms. The number of H-pyrrole nitrogens is 1. The van der Waals surface area contributed by atoms with Crippen LogP contribution in [0.25, 0.3) is 0 Å². The molecule has 0 fully saturated rings. The Balaban J connectivity index is 3.03. The van der Waals surface area contributed by atoms with Gasteiger partial charge in [0.2, 0.25) is 0 Å². The van der Waals surface area contributed by atoms with Gasteiger partial charge in [-0.05, 0) is 6.92 Å². The van der Waals surface area contributed by atoms with Gasteiger partial charge in [0.05, 0.1) is 0 Å². The molecule has 0 spiro atoms. The fraction of sp³-hybridized carbons (Fsp3) is 0.375. The molecule has 0 aliphatic rings. The average Bonchev–Trinajstić information content (AvgIpc) is 2.78. The summed E-state index contributed by atoms with van der Waals surface area (Å²) in [5.41, 5.74) is 3.59. The van der Waals surface area contributed by atoms with E-state index in [-0.39, 0.29) is 18.0 Å². The van der Waals surface area contributed by atoms with E-state index in [2.05, 4.69) is 9.97 Å². The van der Waals surface area contributed by atoms with E-state index < -0.39 is 11.8 Å². The summed E-state index contributed by atoms with van der Waals surface area (Å²) in [5, 5.41) is 0. The maximum atomic E-state index is 11.4. The minimum absolute atomic E-state index is 0.0647. The number of imidazole rings is 1. The minimum atomic E-state index is -0.692. The summed E-state index contributed by atoms with van der Waals surface area (Å²) in [5.74, 6) is 8.94. The van der Waals surface area contributed by atoms with E-state index in [1.165, 1.54) is 0 Å². The van der Waals surface area contributed by atoms with Crippen molar-refractivity contribution in [3.63, 3.8) is 0 Å². The minimum Gasteiger partial charge on any atom is -0.374 e. The highest BCUT2D eigenvalue weighted by molar-refractivity contribution is 6.04. The van der Waals surface area contributed by atoms with Crippen LogP contribution in [0.1, 0.15) is 33.7 Å². The zero-order valence-electron chi connectivity index (χ0n) is 9.24. The van der Waals surface area contributed by atoms with Gasteiger partial charge in [-0.1, -0.05) is 0 Å². The van der Waals surface area contributed by atoms with Gasteiger partial charge >= 0.3 is 0 Å². The lowest BCUT2D eigenvalue weighted by Gasteiger charge is -1.98. The summed E-state index contributed by atoms with van der Waals surface area (Å²) in [6.45, 7) is 2.45. The molecule has 9 nitrogen and oxygen atoms in total. The Hall–Kier alpha value is -1.97. The summed E-state index contributed by atoms with van der Waals surface area (Å²) in [7, 11) is 0. The third kappa shape index (κ3) is 3.00. The maximum Gasteiger partial charge on any atom is 0.286 e. The molecule has 0 radical (unpaired) electrons. The fourth-order valence-electron chi connectivity index (χ4n) is 1.16. The van der Waals surface area contributed by atoms with Crippen molar-refractivity contribution in [1.29, 1.82) is 0 Å². The van der Waals surface area contributed by atoms with E-state index in [9.17, 15) is 9.59 Å². The predicted molar refractivity (Wildman–Crippen MR) is 57.2 cm³/mol. The number of hydrogen-bond donors (Lipinski definition) is 5. The number of nitrogens with two attached hydrogens (primary N) is 2. The topological polar surface area (TPSA) is 148 Å². The number of nitrogens with one attached hydrogen (secondary N) is 3. The molecule has 7 N–H and O–H groups in total. The highest BCUT2D eigenvalue weighted by Gasteiger charge is 2.21. The monoisotopic (exact) mass is 242 g/mol. The second-order valence-corrected chi connectivity index (χ2v) is 2.99. The van der Waals surface area contributed by atoms with Crippen LogP contribution in [0.5, 0.6) is 0 Å². The van der Waals surface area contributed by atoms with Crippen LogP contribution in [0.3, 0.4) is 0 Å². The Kier molecular flexibility index (Phi) is 4.57. The van der Waals surface area contributed by atoms with Gasteiger partial charge in [-0.2, -0.15) is 0 Å². The molecule has 1 aromatic rings. The molecule has 9 heteroatoms. The number of rotatable bonds is 5. The second-order valence-electron chi connectivity index (χ2n) is 2.99. The van der Waals surface area contributed by atoms with Crippen LogP contribution in [-0.4, -0.2) is 28.4 Å². The van der Waals surface area contributed by atoms with Crippen molar-refractivity contribution in [2.45, 2.75) is 13.5 Å². The first kappa shape index (κ1) is 13.1. The van der Waals surface area contributed by atoms with Crippen LogP contribution in [0.2, 0.25) is 0 Å². The number of hydrogen-bond acceptors (Lipinski definition) is 6. The van der Waals surface area contributed by atoms with Crippen molar-refractivity contribution in [2.24, 2.45) is 11.7 Å². The molecule has 0 aliphatic carbocycles. The van der Waals surface area contributed by atoms with Crippen LogP contribution in [0.15, 0.2) is 0 Å². The smallest absolute Gasteiger partial charge is 0.286 e. The van der Waals surface area contributed by atoms with Gasteiger partial charge < -0.3 is 9.72 Å². The number of ether oxygens (including phenoxy) is 1. The summed E-state index contributed by atoms with van der Waals surface area (Å²) in [6, 6.07) is 0. The molecule has 0 aromatic carbocycles. The number of aromatic amines is 1. The molecule has 2 amide bonds. The molecule has 0 bridgehead atoms. The molecule has 0 saturated carbocycles. The van der Waals surface area contributed by atoms with E-state index in [4.69, 9.17) is 16.4 Å². The first-order valence-electron chi connectivity index (χ1n) is 4.82. The lowest BCUT2D eigenvalue weighted by Crippen LogP contribution is -2.35. The molecular weight excluding hydrogens is 228 g/mol. The molecule has 0 atom stereocenters. The SMILES string of the molecule is CCOCc1nc(C(=O)NN)c(C(=O)NN)[nH]1. The average molecular weight is 242 g/mol. The number of aromatic nitrogens is 2. The largest absolute Gasteiger partial charge is 0.374 e. The third-order valence-electron chi connectivity index (χ3n) is 1.90. The van der Waals surface area contributed by atoms with Crippen molar-refractivity contribution >= 4 is 11.8 Å². The van der Waals surface area contributed by atoms with Gasteiger partial charge in [-0.15, -0.1) is 0 Å². The number of hydrazine groups is 2. The van der Waals surface area contributed by atoms with Gasteiger partial charge in [-0.3, -0.25) is 20.4 Å². The molecule has 1 heterocycles. The molecule has 0 saturated heterocycles. The van der Waals surface area contributed by atoms with Crippen LogP contribution in [-0.2, 0) is 11.3 Å². The summed E-state index contributed by atoms with van der Waals surface area (Å²) in [6.07, 6.45) is 0. The Morgan fingerprint density at radius 2 is 2.00 bits per heavy atom. The Morgan fingerprint density at radius 3 is 2.53 bits per heavy atom. The Labute approximate surface area is 96.8 Å². The quantitative estimate of drug-likeness (QED) is 0.232. The normalized spacial score (nSPS) is 10.1. The van der Waals surface area contributed by atoms with Gasteiger partial charge in [0.15, 0.2) is 5.69 Å². The van der Waals surface area contributed by atoms with Gasteiger partial charge in [0.1, 0.15) is 18.1 Å². The summed E-state index contributed by atoms with van der Waals surface area (Å²) in [4.78, 5) is 29.3. The third-order valence-corrected chi connectivity index (χ3v) is 1.90. The van der Waals surface area contributed by atoms with Crippen LogP contribution in [0.4, 0.5) is 0 Å². The number of nitrogen functional groups attached to an aromatic ring is 2. The van der Waals surface area contributed by atoms with E-state index in [0.717, 1.165) is 0 Å². The van der Waals surface area contributed by atoms with Crippen LogP contribution >= 0.6 is 0 Å². The van der Waals surface area contributed by atoms with Crippen molar-refractivity contribution < 1.29 is 14.3 Å². The predicted octanol–water partition coefficient (Wildman–Crippen LogP) is -1.85. The van der Waals surface area contributed by atoms with E-state index in [1.807, 2.05) is 17.8 Å². The van der Waals surface area contributed by atoms with Crippen molar-refractivity contribution in [2.75, 3.05) is 6.61 Å². The first-order chi connectivity index (χ1) is 8.13. The summed E-state index contributed by atoms with van der Waals surface area (Å²) < 4.78 is 5.09. The lowest BCUT2D eigenvalue weighted by atomic mass is 10.3. The highest BCUT2D eigenvalue weighted by Crippen LogP contribution is 2.07. The standard InChI is InChI=1S/C8H14N6O3/c1-2-17-3-4-11-5(7(15)13-9)6(12-4)8(16)14-10/h2-3,9-10H2,1H3,(H,11,12)(H,13,15)(H,14,16). The van der Waals surface area contributed by atoms with Crippen molar-refractivity contribution in [1.82, 2.24) is 20.8 Å². The maximum absolute atomic E-state index is 11.4. The molecule has 0 aliphatic heterocycles. The van der Waals surface area contributed by atoms with Crippen LogP contribution < -0.4 is 22.5 Å². The van der Waals surface area contributed by atoms with Crippen molar-refractivity contribution in [3.8, 4) is 0 Å². The molecule has 1 aromatic heterocycles. The molecule has 94 valence electrons. The molecule has 1 rings (SSSR count). The van der Waals surface area contributed by atoms with Crippen LogP contribution in [0, 0.1) is 0 Å². The van der Waals surface area contributed by atoms with Gasteiger partial charge in [0.25, 0.3) is 11.8 Å². The number of amides is 2. The highest BCUT2D eigenvalue weighted by atomic mass is 16.5. The Bertz CT molecular complexity index is 382. The fourth-order valence-corrected chi connectivity index (χ4v) is 1.16. The second kappa shape index (κ2) is 5.94. The zero-order chi connectivity index (χ0) is 12.8. The number of carbonyl (C=O) groups excluding carboxylic acids is 2. The van der Waals surface area contributed by atoms with E-state index in [1.54, 1.807) is 0 Å².